The van der Waals surface area contributed by atoms with Gasteiger partial charge in [0.25, 0.3) is 0 Å². The van der Waals surface area contributed by atoms with Crippen LogP contribution in [-0.4, -0.2) is 108 Å². The molecule has 15 nitrogen and oxygen atoms in total. The van der Waals surface area contributed by atoms with E-state index in [4.69, 9.17) is 4.74 Å². The van der Waals surface area contributed by atoms with E-state index in [1.165, 1.54) is 26.3 Å². The number of nitrogens with one attached hydrogen (secondary N) is 3. The van der Waals surface area contributed by atoms with Crippen molar-refractivity contribution < 1.29 is 34.1 Å². The zero-order valence-corrected chi connectivity index (χ0v) is 33.6. The first-order valence-corrected chi connectivity index (χ1v) is 19.9. The number of imidazole rings is 2. The molecule has 2 aromatic heterocycles. The average Bonchev–Trinajstić information content (AvgIpc) is 4.09. The van der Waals surface area contributed by atoms with Crippen LogP contribution in [0.15, 0.2) is 85.2 Å². The number of carbonyl (C=O) groups is 4. The number of hydrogen-bond donors (Lipinski definition) is 5. The Morgan fingerprint density at radius 1 is 0.780 bits per heavy atom. The fourth-order valence-corrected chi connectivity index (χ4v) is 8.07. The summed E-state index contributed by atoms with van der Waals surface area (Å²) in [5.41, 5.74) is 6.34. The molecule has 0 saturated carbocycles. The molecule has 0 bridgehead atoms. The van der Waals surface area contributed by atoms with Crippen molar-refractivity contribution in [1.82, 2.24) is 40.0 Å². The summed E-state index contributed by atoms with van der Waals surface area (Å²) >= 11 is 0. The van der Waals surface area contributed by atoms with Gasteiger partial charge in [0, 0.05) is 26.6 Å². The lowest BCUT2D eigenvalue weighted by Crippen LogP contribution is -2.51. The van der Waals surface area contributed by atoms with E-state index < -0.39 is 24.3 Å². The number of H-pyrrole nitrogens is 2. The first kappa shape index (κ1) is 40.6. The fraction of sp³-hybridized carbons (Fsp3) is 0.364. The Balaban J connectivity index is 1.01. The number of aromatic nitrogens is 4. The Kier molecular flexibility index (Phi) is 12.0. The van der Waals surface area contributed by atoms with Crippen molar-refractivity contribution in [3.05, 3.63) is 102 Å². The molecule has 1 unspecified atom stereocenters. The van der Waals surface area contributed by atoms with Gasteiger partial charge < -0.3 is 40.0 Å². The van der Waals surface area contributed by atoms with Crippen LogP contribution in [-0.2, 0) is 20.7 Å². The van der Waals surface area contributed by atoms with E-state index in [0.29, 0.717) is 31.2 Å². The summed E-state index contributed by atoms with van der Waals surface area (Å²) in [7, 11) is 2.69. The standard InChI is InChI=1S/C44H50N8O7/c1-26(2)38(49-43(56)59-4)42(55)52-22-6-8-36(52)40-46-25-34(48-40)31-17-13-29(14-18-31)28-11-15-30(16-12-28)33-24-45-39(47-33)35-7-5-21-51(35)41(54)37(50(3)44(57)58)23-27-9-19-32(53)20-10-27/h9-20,24-26,35-38,53H,5-8,21-23H2,1-4H3,(H,45,47)(H,46,48)(H,49,56)(H,57,58)/t35-,36?,37-,38-/m0/s1. The third-order valence-corrected chi connectivity index (χ3v) is 11.4. The van der Waals surface area contributed by atoms with Gasteiger partial charge in [0.05, 0.1) is 43.0 Å². The Labute approximate surface area is 342 Å². The molecule has 2 fully saturated rings. The van der Waals surface area contributed by atoms with Gasteiger partial charge >= 0.3 is 12.2 Å². The highest BCUT2D eigenvalue weighted by Crippen LogP contribution is 2.35. The summed E-state index contributed by atoms with van der Waals surface area (Å²) in [4.78, 5) is 72.2. The van der Waals surface area contributed by atoms with Crippen LogP contribution in [0.4, 0.5) is 9.59 Å². The van der Waals surface area contributed by atoms with Crippen molar-refractivity contribution in [1.29, 1.82) is 0 Å². The normalized spacial score (nSPS) is 17.5. The number of nitrogens with zero attached hydrogens (tertiary/aromatic N) is 5. The molecule has 59 heavy (non-hydrogen) atoms. The molecule has 15 heteroatoms. The molecule has 4 atom stereocenters. The molecular formula is C44H50N8O7. The summed E-state index contributed by atoms with van der Waals surface area (Å²) in [6.45, 7) is 4.86. The Hall–Kier alpha value is -6.64. The smallest absolute Gasteiger partial charge is 0.407 e. The number of methoxy groups -OCH3 is 1. The van der Waals surface area contributed by atoms with Crippen LogP contribution in [0.5, 0.6) is 5.75 Å². The van der Waals surface area contributed by atoms with Crippen molar-refractivity contribution in [3.8, 4) is 39.4 Å². The number of likely N-dealkylation sites (tertiary alicyclic amines) is 2. The average molecular weight is 803 g/mol. The topological polar surface area (TPSA) is 197 Å². The molecule has 0 spiro atoms. The Morgan fingerprint density at radius 2 is 1.25 bits per heavy atom. The van der Waals surface area contributed by atoms with Gasteiger partial charge in [-0.2, -0.15) is 0 Å². The number of aromatic amines is 2. The lowest BCUT2D eigenvalue weighted by atomic mass is 10.0. The predicted molar refractivity (Wildman–Crippen MR) is 220 cm³/mol. The van der Waals surface area contributed by atoms with Crippen LogP contribution in [0.2, 0.25) is 0 Å². The molecule has 3 aromatic carbocycles. The number of aromatic hydroxyl groups is 1. The zero-order valence-electron chi connectivity index (χ0n) is 33.6. The zero-order chi connectivity index (χ0) is 41.8. The summed E-state index contributed by atoms with van der Waals surface area (Å²) in [6, 6.07) is 20.6. The highest BCUT2D eigenvalue weighted by Gasteiger charge is 2.39. The number of ether oxygens (including phenoxy) is 1. The highest BCUT2D eigenvalue weighted by atomic mass is 16.5. The molecule has 0 radical (unpaired) electrons. The third kappa shape index (κ3) is 8.78. The van der Waals surface area contributed by atoms with Crippen molar-refractivity contribution in [3.63, 3.8) is 0 Å². The summed E-state index contributed by atoms with van der Waals surface area (Å²) in [6.07, 6.45) is 4.97. The first-order chi connectivity index (χ1) is 28.4. The van der Waals surface area contributed by atoms with Gasteiger partial charge in [0.15, 0.2) is 0 Å². The number of phenols is 1. The van der Waals surface area contributed by atoms with E-state index in [2.05, 4.69) is 37.4 Å². The Bertz CT molecular complexity index is 2270. The SMILES string of the molecule is COC(=O)N[C@H](C(=O)N1CCCC1c1ncc(-c2ccc(-c3ccc(-c4cnc([C@@H]5CCCN5C(=O)[C@H](Cc5ccc(O)cc5)N(C)C(=O)O)[nH]4)cc3)cc2)[nH]1)C(C)C. The van der Waals surface area contributed by atoms with Gasteiger partial charge in [-0.1, -0.05) is 74.5 Å². The van der Waals surface area contributed by atoms with E-state index in [1.807, 2.05) is 50.2 Å². The number of carboxylic acid groups (broad SMARTS) is 1. The molecule has 4 amide bonds. The number of likely N-dealkylation sites (N-methyl/N-ethyl adjacent to an activating group) is 1. The number of phenolic OH excluding ortho intramolecular Hbond substituents is 1. The first-order valence-electron chi connectivity index (χ1n) is 19.9. The van der Waals surface area contributed by atoms with Crippen LogP contribution >= 0.6 is 0 Å². The van der Waals surface area contributed by atoms with Crippen LogP contribution in [0, 0.1) is 5.92 Å². The van der Waals surface area contributed by atoms with Crippen molar-refractivity contribution in [2.24, 2.45) is 5.92 Å². The van der Waals surface area contributed by atoms with Crippen molar-refractivity contribution in [2.75, 3.05) is 27.2 Å². The number of rotatable bonds is 12. The van der Waals surface area contributed by atoms with Gasteiger partial charge in [0.1, 0.15) is 29.5 Å². The number of hydrogen-bond acceptors (Lipinski definition) is 8. The maximum absolute atomic E-state index is 14.0. The lowest BCUT2D eigenvalue weighted by molar-refractivity contribution is -0.137. The summed E-state index contributed by atoms with van der Waals surface area (Å²) in [5, 5.41) is 22.2. The van der Waals surface area contributed by atoms with Gasteiger partial charge in [-0.25, -0.2) is 19.6 Å². The predicted octanol–water partition coefficient (Wildman–Crippen LogP) is 6.77. The highest BCUT2D eigenvalue weighted by molar-refractivity contribution is 5.87. The van der Waals surface area contributed by atoms with Gasteiger partial charge in [-0.15, -0.1) is 0 Å². The van der Waals surface area contributed by atoms with Gasteiger partial charge in [0.2, 0.25) is 11.8 Å². The quantitative estimate of drug-likeness (QED) is 0.0904. The molecule has 2 saturated heterocycles. The maximum atomic E-state index is 14.0. The molecule has 0 aliphatic carbocycles. The van der Waals surface area contributed by atoms with Crippen molar-refractivity contribution >= 4 is 24.0 Å². The second kappa shape index (κ2) is 17.5. The molecule has 2 aliphatic rings. The Morgan fingerprint density at radius 3 is 1.71 bits per heavy atom. The minimum absolute atomic E-state index is 0.0969. The number of amides is 4. The molecule has 2 aliphatic heterocycles. The maximum Gasteiger partial charge on any atom is 0.407 e. The molecular weight excluding hydrogens is 753 g/mol. The minimum atomic E-state index is -1.19. The second-order valence-electron chi connectivity index (χ2n) is 15.5. The third-order valence-electron chi connectivity index (χ3n) is 11.4. The van der Waals surface area contributed by atoms with Gasteiger partial charge in [-0.05, 0) is 71.6 Å². The molecule has 4 heterocycles. The van der Waals surface area contributed by atoms with E-state index >= 15 is 0 Å². The summed E-state index contributed by atoms with van der Waals surface area (Å²) < 4.78 is 4.75. The minimum Gasteiger partial charge on any atom is -0.508 e. The van der Waals surface area contributed by atoms with Crippen LogP contribution in [0.25, 0.3) is 33.6 Å². The van der Waals surface area contributed by atoms with E-state index in [1.54, 1.807) is 34.3 Å². The van der Waals surface area contributed by atoms with E-state index in [-0.39, 0.29) is 42.0 Å². The number of benzene rings is 3. The van der Waals surface area contributed by atoms with Crippen LogP contribution < -0.4 is 5.32 Å². The fourth-order valence-electron chi connectivity index (χ4n) is 8.07. The second-order valence-corrected chi connectivity index (χ2v) is 15.5. The monoisotopic (exact) mass is 802 g/mol. The van der Waals surface area contributed by atoms with Crippen LogP contribution in [0.3, 0.4) is 0 Å². The molecule has 5 aromatic rings. The lowest BCUT2D eigenvalue weighted by Gasteiger charge is -2.32. The molecule has 308 valence electrons. The van der Waals surface area contributed by atoms with Crippen LogP contribution in [0.1, 0.15) is 68.8 Å². The van der Waals surface area contributed by atoms with Crippen molar-refractivity contribution in [2.45, 2.75) is 70.1 Å². The van der Waals surface area contributed by atoms with Gasteiger partial charge in [-0.3, -0.25) is 14.5 Å². The largest absolute Gasteiger partial charge is 0.508 e. The number of alkyl carbamates (subject to hydrolysis) is 1. The molecule has 7 rings (SSSR count). The van der Waals surface area contributed by atoms with E-state index in [0.717, 1.165) is 63.4 Å². The molecule has 5 N–H and O–H groups in total. The summed E-state index contributed by atoms with van der Waals surface area (Å²) in [5.74, 6) is 0.902. The van der Waals surface area contributed by atoms with E-state index in [9.17, 15) is 29.4 Å². The number of carbonyl (C=O) groups excluding carboxylic acids is 3.